The molecule has 0 bridgehead atoms. The van der Waals surface area contributed by atoms with Gasteiger partial charge in [0.05, 0.1) is 5.69 Å². The van der Waals surface area contributed by atoms with Crippen LogP contribution in [0.15, 0.2) is 12.1 Å². The van der Waals surface area contributed by atoms with Crippen molar-refractivity contribution in [2.45, 2.75) is 32.4 Å². The fourth-order valence-corrected chi connectivity index (χ4v) is 2.14. The molecule has 1 saturated heterocycles. The average Bonchev–Trinajstić information content (AvgIpc) is 2.42. The summed E-state index contributed by atoms with van der Waals surface area (Å²) in [6, 6.07) is -0.120. The lowest BCUT2D eigenvalue weighted by molar-refractivity contribution is -0.133. The van der Waals surface area contributed by atoms with Crippen molar-refractivity contribution in [2.75, 3.05) is 4.90 Å². The third kappa shape index (κ3) is 2.13. The molecule has 20 heavy (non-hydrogen) atoms. The van der Waals surface area contributed by atoms with Gasteiger partial charge in [-0.1, -0.05) is 6.92 Å². The summed E-state index contributed by atoms with van der Waals surface area (Å²) < 4.78 is 40.0. The van der Waals surface area contributed by atoms with Gasteiger partial charge in [-0.3, -0.25) is 14.5 Å². The normalized spacial score (nSPS) is 22.9. The Kier molecular flexibility index (Phi) is 3.69. The Labute approximate surface area is 113 Å². The van der Waals surface area contributed by atoms with Crippen LogP contribution >= 0.6 is 0 Å². The molecule has 4 nitrogen and oxygen atoms in total. The van der Waals surface area contributed by atoms with Gasteiger partial charge in [-0.05, 0) is 25.5 Å². The average molecular weight is 286 g/mol. The first kappa shape index (κ1) is 14.4. The zero-order valence-electron chi connectivity index (χ0n) is 10.9. The van der Waals surface area contributed by atoms with Crippen LogP contribution in [0.25, 0.3) is 0 Å². The van der Waals surface area contributed by atoms with E-state index in [1.54, 1.807) is 6.92 Å². The number of hydrogen-bond donors (Lipinski definition) is 1. The molecular weight excluding hydrogens is 273 g/mol. The fourth-order valence-electron chi connectivity index (χ4n) is 2.14. The summed E-state index contributed by atoms with van der Waals surface area (Å²) in [5, 5.41) is 2.49. The van der Waals surface area contributed by atoms with E-state index in [-0.39, 0.29) is 0 Å². The maximum Gasteiger partial charge on any atom is 0.250 e. The fraction of sp³-hybridized carbons (Fsp3) is 0.385. The number of halogens is 3. The molecule has 1 aromatic carbocycles. The van der Waals surface area contributed by atoms with Crippen molar-refractivity contribution in [3.63, 3.8) is 0 Å². The molecule has 1 heterocycles. The third-order valence-corrected chi connectivity index (χ3v) is 3.30. The van der Waals surface area contributed by atoms with Gasteiger partial charge in [0.25, 0.3) is 0 Å². The van der Waals surface area contributed by atoms with Gasteiger partial charge in [-0.2, -0.15) is 0 Å². The van der Waals surface area contributed by atoms with E-state index in [1.165, 1.54) is 6.92 Å². The van der Waals surface area contributed by atoms with E-state index in [2.05, 4.69) is 5.32 Å². The highest BCUT2D eigenvalue weighted by Crippen LogP contribution is 2.27. The van der Waals surface area contributed by atoms with Crippen molar-refractivity contribution in [1.29, 1.82) is 0 Å². The number of piperazine rings is 1. The summed E-state index contributed by atoms with van der Waals surface area (Å²) in [4.78, 5) is 24.8. The van der Waals surface area contributed by atoms with Crippen LogP contribution in [0.3, 0.4) is 0 Å². The molecule has 0 spiro atoms. The minimum atomic E-state index is -1.67. The zero-order chi connectivity index (χ0) is 15.0. The van der Waals surface area contributed by atoms with Crippen LogP contribution in [0.2, 0.25) is 0 Å². The molecule has 1 N–H and O–H groups in total. The van der Waals surface area contributed by atoms with Gasteiger partial charge >= 0.3 is 0 Å². The first-order chi connectivity index (χ1) is 9.38. The zero-order valence-corrected chi connectivity index (χ0v) is 10.9. The van der Waals surface area contributed by atoms with E-state index < -0.39 is 47.0 Å². The standard InChI is InChI=1S/C13H13F3N2O2/c1-3-8-13(20)18(6(2)12(19)17-8)9-5-4-7(14)10(15)11(9)16/h4-6,8H,3H2,1-2H3,(H,17,19). The van der Waals surface area contributed by atoms with E-state index >= 15 is 0 Å². The van der Waals surface area contributed by atoms with Crippen molar-refractivity contribution < 1.29 is 22.8 Å². The van der Waals surface area contributed by atoms with Gasteiger partial charge in [0.2, 0.25) is 11.8 Å². The lowest BCUT2D eigenvalue weighted by atomic mass is 10.0. The molecular formula is C13H13F3N2O2. The Bertz CT molecular complexity index is 577. The summed E-state index contributed by atoms with van der Waals surface area (Å²) in [6.45, 7) is 3.07. The van der Waals surface area contributed by atoms with E-state index in [1.807, 2.05) is 0 Å². The van der Waals surface area contributed by atoms with E-state index in [0.717, 1.165) is 17.0 Å². The van der Waals surface area contributed by atoms with Crippen LogP contribution in [-0.2, 0) is 9.59 Å². The van der Waals surface area contributed by atoms with Crippen molar-refractivity contribution in [3.05, 3.63) is 29.6 Å². The monoisotopic (exact) mass is 286 g/mol. The smallest absolute Gasteiger partial charge is 0.250 e. The van der Waals surface area contributed by atoms with Crippen molar-refractivity contribution in [3.8, 4) is 0 Å². The van der Waals surface area contributed by atoms with Crippen LogP contribution in [-0.4, -0.2) is 23.9 Å². The molecule has 0 radical (unpaired) electrons. The highest BCUT2D eigenvalue weighted by atomic mass is 19.2. The molecule has 0 saturated carbocycles. The van der Waals surface area contributed by atoms with Gasteiger partial charge in [-0.25, -0.2) is 13.2 Å². The summed E-state index contributed by atoms with van der Waals surface area (Å²) >= 11 is 0. The lowest BCUT2D eigenvalue weighted by Gasteiger charge is -2.37. The van der Waals surface area contributed by atoms with Crippen molar-refractivity contribution >= 4 is 17.5 Å². The van der Waals surface area contributed by atoms with Crippen molar-refractivity contribution in [2.24, 2.45) is 0 Å². The Morgan fingerprint density at radius 2 is 1.85 bits per heavy atom. The number of carbonyl (C=O) groups excluding carboxylic acids is 2. The van der Waals surface area contributed by atoms with Crippen LogP contribution in [0.5, 0.6) is 0 Å². The number of nitrogens with zero attached hydrogens (tertiary/aromatic N) is 1. The van der Waals surface area contributed by atoms with E-state index in [0.29, 0.717) is 6.42 Å². The Morgan fingerprint density at radius 3 is 2.45 bits per heavy atom. The van der Waals surface area contributed by atoms with Gasteiger partial charge in [0.1, 0.15) is 12.1 Å². The first-order valence-electron chi connectivity index (χ1n) is 6.15. The van der Waals surface area contributed by atoms with Gasteiger partial charge < -0.3 is 5.32 Å². The molecule has 1 aromatic rings. The van der Waals surface area contributed by atoms with E-state index in [9.17, 15) is 22.8 Å². The summed E-state index contributed by atoms with van der Waals surface area (Å²) in [5.41, 5.74) is -0.435. The number of rotatable bonds is 2. The van der Waals surface area contributed by atoms with Gasteiger partial charge in [-0.15, -0.1) is 0 Å². The van der Waals surface area contributed by atoms with Crippen LogP contribution in [0.1, 0.15) is 20.3 Å². The molecule has 0 aliphatic carbocycles. The predicted octanol–water partition coefficient (Wildman–Crippen LogP) is 1.73. The summed E-state index contributed by atoms with van der Waals surface area (Å²) in [7, 11) is 0. The topological polar surface area (TPSA) is 49.4 Å². The third-order valence-electron chi connectivity index (χ3n) is 3.30. The number of carbonyl (C=O) groups is 2. The maximum absolute atomic E-state index is 13.8. The summed E-state index contributed by atoms with van der Waals surface area (Å²) in [6.07, 6.45) is 0.319. The lowest BCUT2D eigenvalue weighted by Crippen LogP contribution is -2.62. The molecule has 2 amide bonds. The minimum absolute atomic E-state index is 0.319. The second kappa shape index (κ2) is 5.15. The first-order valence-corrected chi connectivity index (χ1v) is 6.15. The van der Waals surface area contributed by atoms with E-state index in [4.69, 9.17) is 0 Å². The second-order valence-corrected chi connectivity index (χ2v) is 4.55. The van der Waals surface area contributed by atoms with Gasteiger partial charge in [0.15, 0.2) is 17.5 Å². The van der Waals surface area contributed by atoms with Gasteiger partial charge in [0, 0.05) is 0 Å². The highest BCUT2D eigenvalue weighted by molar-refractivity contribution is 6.08. The maximum atomic E-state index is 13.8. The van der Waals surface area contributed by atoms with Crippen LogP contribution in [0, 0.1) is 17.5 Å². The second-order valence-electron chi connectivity index (χ2n) is 4.55. The number of benzene rings is 1. The number of amides is 2. The molecule has 0 aromatic heterocycles. The Morgan fingerprint density at radius 1 is 1.20 bits per heavy atom. The predicted molar refractivity (Wildman–Crippen MR) is 65.5 cm³/mol. The Balaban J connectivity index is 2.51. The number of anilines is 1. The summed E-state index contributed by atoms with van der Waals surface area (Å²) in [5.74, 6) is -5.51. The van der Waals surface area contributed by atoms with Crippen LogP contribution < -0.4 is 10.2 Å². The number of nitrogens with one attached hydrogen (secondary N) is 1. The molecule has 2 unspecified atom stereocenters. The largest absolute Gasteiger partial charge is 0.343 e. The minimum Gasteiger partial charge on any atom is -0.343 e. The SMILES string of the molecule is CCC1NC(=O)C(C)N(c2ccc(F)c(F)c2F)C1=O. The Hall–Kier alpha value is -2.05. The molecule has 1 aliphatic rings. The molecule has 2 atom stereocenters. The van der Waals surface area contributed by atoms with Crippen LogP contribution in [0.4, 0.5) is 18.9 Å². The number of hydrogen-bond acceptors (Lipinski definition) is 2. The highest BCUT2D eigenvalue weighted by Gasteiger charge is 2.39. The molecule has 108 valence electrons. The molecule has 1 fully saturated rings. The molecule has 7 heteroatoms. The molecule has 1 aliphatic heterocycles. The van der Waals surface area contributed by atoms with Crippen molar-refractivity contribution in [1.82, 2.24) is 5.32 Å². The quantitative estimate of drug-likeness (QED) is 0.842. The molecule has 2 rings (SSSR count).